The van der Waals surface area contributed by atoms with E-state index in [1.165, 1.54) is 6.07 Å². The summed E-state index contributed by atoms with van der Waals surface area (Å²) in [5.74, 6) is -0.261. The SMILES string of the molecule is Cc1cc2oc(=O)cc(COC(=O)C3(c4ccccc4)CC3)c2cc1Cl. The lowest BCUT2D eigenvalue weighted by molar-refractivity contribution is -0.148. The van der Waals surface area contributed by atoms with Gasteiger partial charge in [-0.05, 0) is 43.0 Å². The van der Waals surface area contributed by atoms with E-state index in [-0.39, 0.29) is 12.6 Å². The lowest BCUT2D eigenvalue weighted by Crippen LogP contribution is -2.23. The molecule has 0 N–H and O–H groups in total. The molecule has 1 aliphatic rings. The molecule has 1 aromatic heterocycles. The minimum atomic E-state index is -0.551. The number of carbonyl (C=O) groups is 1. The van der Waals surface area contributed by atoms with Crippen molar-refractivity contribution < 1.29 is 13.9 Å². The molecule has 1 heterocycles. The molecule has 132 valence electrons. The van der Waals surface area contributed by atoms with Crippen molar-refractivity contribution in [3.05, 3.63) is 80.7 Å². The van der Waals surface area contributed by atoms with Crippen LogP contribution < -0.4 is 5.63 Å². The average molecular weight is 369 g/mol. The monoisotopic (exact) mass is 368 g/mol. The summed E-state index contributed by atoms with van der Waals surface area (Å²) in [6, 6.07) is 14.5. The zero-order valence-electron chi connectivity index (χ0n) is 14.3. The first-order valence-corrected chi connectivity index (χ1v) is 8.83. The number of halogens is 1. The van der Waals surface area contributed by atoms with Crippen molar-refractivity contribution in [2.45, 2.75) is 31.8 Å². The molecule has 3 aromatic rings. The van der Waals surface area contributed by atoms with Gasteiger partial charge in [0.15, 0.2) is 0 Å². The van der Waals surface area contributed by atoms with Gasteiger partial charge >= 0.3 is 11.6 Å². The summed E-state index contributed by atoms with van der Waals surface area (Å²) in [4.78, 5) is 24.5. The number of benzene rings is 2. The number of aryl methyl sites for hydroxylation is 1. The molecule has 0 bridgehead atoms. The molecule has 0 unspecified atom stereocenters. The van der Waals surface area contributed by atoms with Crippen LogP contribution in [0, 0.1) is 6.92 Å². The van der Waals surface area contributed by atoms with E-state index >= 15 is 0 Å². The first kappa shape index (κ1) is 16.9. The largest absolute Gasteiger partial charge is 0.460 e. The van der Waals surface area contributed by atoms with E-state index in [0.717, 1.165) is 24.0 Å². The zero-order chi connectivity index (χ0) is 18.3. The molecular formula is C21H17ClO4. The Balaban J connectivity index is 1.61. The van der Waals surface area contributed by atoms with E-state index in [1.807, 2.05) is 37.3 Å². The molecule has 0 radical (unpaired) electrons. The molecule has 1 aliphatic carbocycles. The quantitative estimate of drug-likeness (QED) is 0.501. The average Bonchev–Trinajstić information content (AvgIpc) is 3.44. The van der Waals surface area contributed by atoms with Crippen molar-refractivity contribution >= 4 is 28.5 Å². The Kier molecular flexibility index (Phi) is 4.08. The van der Waals surface area contributed by atoms with E-state index in [9.17, 15) is 9.59 Å². The number of fused-ring (bicyclic) bond motifs is 1. The van der Waals surface area contributed by atoms with Crippen LogP contribution in [0.4, 0.5) is 0 Å². The van der Waals surface area contributed by atoms with Gasteiger partial charge in [0, 0.05) is 22.0 Å². The van der Waals surface area contributed by atoms with Crippen LogP contribution in [-0.2, 0) is 21.6 Å². The summed E-state index contributed by atoms with van der Waals surface area (Å²) in [5, 5.41) is 1.25. The summed E-state index contributed by atoms with van der Waals surface area (Å²) in [5.41, 5.74) is 1.79. The van der Waals surface area contributed by atoms with Crippen LogP contribution >= 0.6 is 11.6 Å². The maximum Gasteiger partial charge on any atom is 0.336 e. The molecule has 0 amide bonds. The van der Waals surface area contributed by atoms with Crippen LogP contribution in [0.2, 0.25) is 5.02 Å². The highest BCUT2D eigenvalue weighted by Crippen LogP contribution is 2.49. The van der Waals surface area contributed by atoms with Crippen molar-refractivity contribution in [1.82, 2.24) is 0 Å². The van der Waals surface area contributed by atoms with Crippen LogP contribution in [0.15, 0.2) is 57.7 Å². The normalized spacial score (nSPS) is 15.0. The Bertz CT molecular complexity index is 1050. The molecular weight excluding hydrogens is 352 g/mol. The molecule has 5 heteroatoms. The molecule has 26 heavy (non-hydrogen) atoms. The molecule has 0 atom stereocenters. The summed E-state index contributed by atoms with van der Waals surface area (Å²) in [6.45, 7) is 1.85. The van der Waals surface area contributed by atoms with Gasteiger partial charge in [0.05, 0.1) is 5.41 Å². The summed E-state index contributed by atoms with van der Waals surface area (Å²) >= 11 is 6.20. The molecule has 0 spiro atoms. The third kappa shape index (κ3) is 2.90. The Morgan fingerprint density at radius 1 is 1.19 bits per heavy atom. The second-order valence-corrected chi connectivity index (χ2v) is 7.12. The van der Waals surface area contributed by atoms with Crippen LogP contribution in [0.25, 0.3) is 11.0 Å². The van der Waals surface area contributed by atoms with E-state index < -0.39 is 11.0 Å². The Morgan fingerprint density at radius 2 is 1.92 bits per heavy atom. The Labute approximate surface area is 155 Å². The summed E-state index contributed by atoms with van der Waals surface area (Å²) < 4.78 is 10.8. The van der Waals surface area contributed by atoms with Gasteiger partial charge in [0.2, 0.25) is 0 Å². The molecule has 1 fully saturated rings. The van der Waals surface area contributed by atoms with Crippen LogP contribution in [0.3, 0.4) is 0 Å². The van der Waals surface area contributed by atoms with E-state index in [2.05, 4.69) is 0 Å². The van der Waals surface area contributed by atoms with Gasteiger partial charge in [-0.3, -0.25) is 4.79 Å². The maximum atomic E-state index is 12.7. The topological polar surface area (TPSA) is 56.5 Å². The molecule has 0 saturated heterocycles. The molecule has 0 aliphatic heterocycles. The van der Waals surface area contributed by atoms with Crippen LogP contribution in [0.5, 0.6) is 0 Å². The lowest BCUT2D eigenvalue weighted by Gasteiger charge is -2.15. The number of ether oxygens (including phenoxy) is 1. The smallest absolute Gasteiger partial charge is 0.336 e. The summed E-state index contributed by atoms with van der Waals surface area (Å²) in [6.07, 6.45) is 1.55. The fourth-order valence-corrected chi connectivity index (χ4v) is 3.41. The molecule has 4 rings (SSSR count). The second-order valence-electron chi connectivity index (χ2n) is 6.71. The Morgan fingerprint density at radius 3 is 2.62 bits per heavy atom. The highest BCUT2D eigenvalue weighted by molar-refractivity contribution is 6.32. The number of esters is 1. The second kappa shape index (κ2) is 6.29. The molecule has 2 aromatic carbocycles. The Hall–Kier alpha value is -2.59. The predicted molar refractivity (Wildman–Crippen MR) is 99.4 cm³/mol. The standard InChI is InChI=1S/C21H17ClO4/c1-13-9-18-16(11-17(13)22)14(10-19(23)26-18)12-25-20(24)21(7-8-21)15-5-3-2-4-6-15/h2-6,9-11H,7-8,12H2,1H3. The maximum absolute atomic E-state index is 12.7. The van der Waals surface area contributed by atoms with Gasteiger partial charge in [-0.1, -0.05) is 41.9 Å². The first-order chi connectivity index (χ1) is 12.5. The van der Waals surface area contributed by atoms with Crippen molar-refractivity contribution in [3.63, 3.8) is 0 Å². The van der Waals surface area contributed by atoms with Crippen LogP contribution in [0.1, 0.15) is 29.5 Å². The van der Waals surface area contributed by atoms with Gasteiger partial charge in [-0.15, -0.1) is 0 Å². The minimum absolute atomic E-state index is 0.00884. The van der Waals surface area contributed by atoms with Crippen molar-refractivity contribution in [3.8, 4) is 0 Å². The van der Waals surface area contributed by atoms with E-state index in [1.54, 1.807) is 12.1 Å². The number of rotatable bonds is 4. The van der Waals surface area contributed by atoms with Gasteiger partial charge in [0.25, 0.3) is 0 Å². The van der Waals surface area contributed by atoms with Gasteiger partial charge in [-0.2, -0.15) is 0 Å². The third-order valence-electron chi connectivity index (χ3n) is 4.94. The van der Waals surface area contributed by atoms with Gasteiger partial charge < -0.3 is 9.15 Å². The van der Waals surface area contributed by atoms with Crippen molar-refractivity contribution in [2.75, 3.05) is 0 Å². The van der Waals surface area contributed by atoms with Crippen molar-refractivity contribution in [1.29, 1.82) is 0 Å². The van der Waals surface area contributed by atoms with Crippen molar-refractivity contribution in [2.24, 2.45) is 0 Å². The van der Waals surface area contributed by atoms with Crippen LogP contribution in [-0.4, -0.2) is 5.97 Å². The van der Waals surface area contributed by atoms with E-state index in [0.29, 0.717) is 21.6 Å². The van der Waals surface area contributed by atoms with Gasteiger partial charge in [-0.25, -0.2) is 4.79 Å². The number of hydrogen-bond acceptors (Lipinski definition) is 4. The minimum Gasteiger partial charge on any atom is -0.460 e. The predicted octanol–water partition coefficient (Wildman–Crippen LogP) is 4.53. The highest BCUT2D eigenvalue weighted by Gasteiger charge is 2.52. The highest BCUT2D eigenvalue weighted by atomic mass is 35.5. The van der Waals surface area contributed by atoms with E-state index in [4.69, 9.17) is 20.8 Å². The zero-order valence-corrected chi connectivity index (χ0v) is 15.0. The summed E-state index contributed by atoms with van der Waals surface area (Å²) in [7, 11) is 0. The lowest BCUT2D eigenvalue weighted by atomic mass is 9.96. The fourth-order valence-electron chi connectivity index (χ4n) is 3.24. The number of hydrogen-bond donors (Lipinski definition) is 0. The van der Waals surface area contributed by atoms with Gasteiger partial charge in [0.1, 0.15) is 12.2 Å². The number of carbonyl (C=O) groups excluding carboxylic acids is 1. The molecule has 1 saturated carbocycles. The fraction of sp³-hybridized carbons (Fsp3) is 0.238. The third-order valence-corrected chi connectivity index (χ3v) is 5.34. The molecule has 4 nitrogen and oxygen atoms in total. The first-order valence-electron chi connectivity index (χ1n) is 8.45.